The number of rotatable bonds is 8. The Kier molecular flexibility index (Phi) is 6.06. The maximum Gasteiger partial charge on any atom is 0.233 e. The molecule has 0 heterocycles. The topological polar surface area (TPSA) is 80.3 Å². The SMILES string of the molecule is COc1ccc(C(=O)C(=O)c2cc(OC)c(OC)c(OC)c2)cc1OC. The Bertz CT molecular complexity index is 802. The molecule has 0 atom stereocenters. The second-order valence-corrected chi connectivity index (χ2v) is 5.14. The number of benzene rings is 2. The second kappa shape index (κ2) is 8.24. The summed E-state index contributed by atoms with van der Waals surface area (Å²) in [6.07, 6.45) is 0. The highest BCUT2D eigenvalue weighted by Gasteiger charge is 2.23. The minimum Gasteiger partial charge on any atom is -0.493 e. The van der Waals surface area contributed by atoms with Crippen LogP contribution in [0.1, 0.15) is 20.7 Å². The maximum absolute atomic E-state index is 12.7. The first-order valence-corrected chi connectivity index (χ1v) is 7.61. The van der Waals surface area contributed by atoms with E-state index in [0.29, 0.717) is 17.2 Å². The molecule has 26 heavy (non-hydrogen) atoms. The van der Waals surface area contributed by atoms with Crippen molar-refractivity contribution in [1.29, 1.82) is 0 Å². The molecule has 0 aliphatic carbocycles. The number of carbonyl (C=O) groups excluding carboxylic acids is 2. The average Bonchev–Trinajstić information content (AvgIpc) is 2.70. The van der Waals surface area contributed by atoms with Crippen molar-refractivity contribution in [2.75, 3.05) is 35.5 Å². The molecule has 0 N–H and O–H groups in total. The zero-order chi connectivity index (χ0) is 19.3. The molecule has 7 nitrogen and oxygen atoms in total. The van der Waals surface area contributed by atoms with Crippen molar-refractivity contribution < 1.29 is 33.3 Å². The summed E-state index contributed by atoms with van der Waals surface area (Å²) in [5, 5.41) is 0. The van der Waals surface area contributed by atoms with Crippen molar-refractivity contribution >= 4 is 11.6 Å². The van der Waals surface area contributed by atoms with Crippen LogP contribution in [0.25, 0.3) is 0 Å². The molecule has 0 radical (unpaired) electrons. The van der Waals surface area contributed by atoms with Crippen molar-refractivity contribution in [3.63, 3.8) is 0 Å². The lowest BCUT2D eigenvalue weighted by Crippen LogP contribution is -2.15. The van der Waals surface area contributed by atoms with E-state index in [1.54, 1.807) is 6.07 Å². The predicted molar refractivity (Wildman–Crippen MR) is 94.3 cm³/mol. The van der Waals surface area contributed by atoms with E-state index in [-0.39, 0.29) is 22.6 Å². The van der Waals surface area contributed by atoms with E-state index >= 15 is 0 Å². The molecule has 0 aromatic heterocycles. The van der Waals surface area contributed by atoms with Crippen LogP contribution in [0.15, 0.2) is 30.3 Å². The van der Waals surface area contributed by atoms with Gasteiger partial charge in [0, 0.05) is 11.1 Å². The highest BCUT2D eigenvalue weighted by atomic mass is 16.5. The number of carbonyl (C=O) groups is 2. The largest absolute Gasteiger partial charge is 0.493 e. The summed E-state index contributed by atoms with van der Waals surface area (Å²) < 4.78 is 26.0. The summed E-state index contributed by atoms with van der Waals surface area (Å²) in [6, 6.07) is 7.38. The lowest BCUT2D eigenvalue weighted by molar-refractivity contribution is 0.0816. The molecule has 2 aromatic rings. The molecule has 0 spiro atoms. The van der Waals surface area contributed by atoms with E-state index in [1.807, 2.05) is 0 Å². The molecule has 0 amide bonds. The molecule has 0 saturated carbocycles. The summed E-state index contributed by atoms with van der Waals surface area (Å²) in [7, 11) is 7.26. The van der Waals surface area contributed by atoms with E-state index in [4.69, 9.17) is 23.7 Å². The van der Waals surface area contributed by atoms with Crippen molar-refractivity contribution in [3.8, 4) is 28.7 Å². The third kappa shape index (κ3) is 3.56. The highest BCUT2D eigenvalue weighted by molar-refractivity contribution is 6.49. The zero-order valence-electron chi connectivity index (χ0n) is 15.2. The van der Waals surface area contributed by atoms with Crippen LogP contribution in [0, 0.1) is 0 Å². The zero-order valence-corrected chi connectivity index (χ0v) is 15.2. The number of Topliss-reactive ketones (excluding diaryl/α,β-unsaturated/α-hetero) is 2. The summed E-state index contributed by atoms with van der Waals surface area (Å²) in [4.78, 5) is 25.3. The van der Waals surface area contributed by atoms with Gasteiger partial charge in [0.05, 0.1) is 35.5 Å². The fourth-order valence-corrected chi connectivity index (χ4v) is 2.45. The monoisotopic (exact) mass is 360 g/mol. The quantitative estimate of drug-likeness (QED) is 0.529. The van der Waals surface area contributed by atoms with E-state index in [0.717, 1.165) is 0 Å². The predicted octanol–water partition coefficient (Wildman–Crippen LogP) is 2.80. The molecule has 0 unspecified atom stereocenters. The van der Waals surface area contributed by atoms with Crippen LogP contribution in [-0.4, -0.2) is 47.1 Å². The van der Waals surface area contributed by atoms with Crippen LogP contribution in [0.3, 0.4) is 0 Å². The smallest absolute Gasteiger partial charge is 0.233 e. The van der Waals surface area contributed by atoms with Gasteiger partial charge in [-0.3, -0.25) is 9.59 Å². The third-order valence-corrected chi connectivity index (χ3v) is 3.78. The van der Waals surface area contributed by atoms with Crippen LogP contribution in [-0.2, 0) is 0 Å². The molecule has 2 rings (SSSR count). The molecule has 0 aliphatic rings. The van der Waals surface area contributed by atoms with Gasteiger partial charge in [0.2, 0.25) is 17.3 Å². The maximum atomic E-state index is 12.7. The van der Waals surface area contributed by atoms with Gasteiger partial charge in [-0.15, -0.1) is 0 Å². The molecule has 0 saturated heterocycles. The van der Waals surface area contributed by atoms with Gasteiger partial charge in [0.15, 0.2) is 23.0 Å². The Labute approximate surface area is 151 Å². The van der Waals surface area contributed by atoms with E-state index in [1.165, 1.54) is 59.8 Å². The number of methoxy groups -OCH3 is 5. The van der Waals surface area contributed by atoms with Crippen LogP contribution in [0.2, 0.25) is 0 Å². The highest BCUT2D eigenvalue weighted by Crippen LogP contribution is 2.38. The average molecular weight is 360 g/mol. The van der Waals surface area contributed by atoms with Gasteiger partial charge in [-0.1, -0.05) is 0 Å². The number of ketones is 2. The van der Waals surface area contributed by atoms with Gasteiger partial charge in [-0.2, -0.15) is 0 Å². The summed E-state index contributed by atoms with van der Waals surface area (Å²) in [6.45, 7) is 0. The normalized spacial score (nSPS) is 10.0. The number of hydrogen-bond acceptors (Lipinski definition) is 7. The molecular formula is C19H20O7. The molecule has 138 valence electrons. The van der Waals surface area contributed by atoms with Gasteiger partial charge in [0.25, 0.3) is 0 Å². The van der Waals surface area contributed by atoms with Gasteiger partial charge >= 0.3 is 0 Å². The molecular weight excluding hydrogens is 340 g/mol. The van der Waals surface area contributed by atoms with Gasteiger partial charge < -0.3 is 23.7 Å². The third-order valence-electron chi connectivity index (χ3n) is 3.78. The molecule has 7 heteroatoms. The number of hydrogen-bond donors (Lipinski definition) is 0. The first-order valence-electron chi connectivity index (χ1n) is 7.61. The Balaban J connectivity index is 2.44. The Morgan fingerprint density at radius 3 is 1.50 bits per heavy atom. The second-order valence-electron chi connectivity index (χ2n) is 5.14. The van der Waals surface area contributed by atoms with Gasteiger partial charge in [-0.25, -0.2) is 0 Å². The van der Waals surface area contributed by atoms with E-state index in [2.05, 4.69) is 0 Å². The lowest BCUT2D eigenvalue weighted by Gasteiger charge is -2.13. The Morgan fingerprint density at radius 2 is 1.04 bits per heavy atom. The minimum atomic E-state index is -0.712. The van der Waals surface area contributed by atoms with Gasteiger partial charge in [-0.05, 0) is 30.3 Å². The minimum absolute atomic E-state index is 0.124. The lowest BCUT2D eigenvalue weighted by atomic mass is 10.0. The molecule has 0 aliphatic heterocycles. The van der Waals surface area contributed by atoms with E-state index < -0.39 is 11.6 Å². The van der Waals surface area contributed by atoms with Crippen LogP contribution in [0.5, 0.6) is 28.7 Å². The first-order chi connectivity index (χ1) is 12.5. The van der Waals surface area contributed by atoms with Crippen molar-refractivity contribution in [1.82, 2.24) is 0 Å². The van der Waals surface area contributed by atoms with Crippen molar-refractivity contribution in [2.45, 2.75) is 0 Å². The molecule has 0 fully saturated rings. The van der Waals surface area contributed by atoms with Gasteiger partial charge in [0.1, 0.15) is 0 Å². The number of ether oxygens (including phenoxy) is 5. The molecule has 2 aromatic carbocycles. The van der Waals surface area contributed by atoms with Crippen LogP contribution < -0.4 is 23.7 Å². The van der Waals surface area contributed by atoms with Crippen molar-refractivity contribution in [3.05, 3.63) is 41.5 Å². The van der Waals surface area contributed by atoms with E-state index in [9.17, 15) is 9.59 Å². The van der Waals surface area contributed by atoms with Crippen molar-refractivity contribution in [2.24, 2.45) is 0 Å². The van der Waals surface area contributed by atoms with Crippen LogP contribution >= 0.6 is 0 Å². The standard InChI is InChI=1S/C19H20O7/c1-22-13-7-6-11(8-14(13)23-2)17(20)18(21)12-9-15(24-3)19(26-5)16(10-12)25-4/h6-10H,1-5H3. The summed E-state index contributed by atoms with van der Waals surface area (Å²) >= 11 is 0. The Hall–Kier alpha value is -3.22. The fraction of sp³-hybridized carbons (Fsp3) is 0.263. The Morgan fingerprint density at radius 1 is 0.577 bits per heavy atom. The van der Waals surface area contributed by atoms with Crippen LogP contribution in [0.4, 0.5) is 0 Å². The fourth-order valence-electron chi connectivity index (χ4n) is 2.45. The summed E-state index contributed by atoms with van der Waals surface area (Å²) in [5.74, 6) is 0.327. The first kappa shape index (κ1) is 19.1. The summed E-state index contributed by atoms with van der Waals surface area (Å²) in [5.41, 5.74) is 0.306. The molecule has 0 bridgehead atoms.